The number of ether oxygens (including phenoxy) is 1. The molecule has 1 heterocycles. The van der Waals surface area contributed by atoms with E-state index in [1.807, 2.05) is 25.2 Å². The summed E-state index contributed by atoms with van der Waals surface area (Å²) in [7, 11) is 1.82. The van der Waals surface area contributed by atoms with Crippen molar-refractivity contribution in [1.82, 2.24) is 15.1 Å². The van der Waals surface area contributed by atoms with Gasteiger partial charge in [0.25, 0.3) is 0 Å². The first-order chi connectivity index (χ1) is 9.72. The molecule has 1 aromatic carbocycles. The van der Waals surface area contributed by atoms with Crippen molar-refractivity contribution >= 4 is 0 Å². The van der Waals surface area contributed by atoms with Crippen molar-refractivity contribution in [3.8, 4) is 17.6 Å². The van der Waals surface area contributed by atoms with E-state index in [1.165, 1.54) is 0 Å². The average molecular weight is 270 g/mol. The third-order valence-corrected chi connectivity index (χ3v) is 2.83. The molecule has 0 unspecified atom stereocenters. The highest BCUT2D eigenvalue weighted by molar-refractivity contribution is 5.47. The van der Waals surface area contributed by atoms with Gasteiger partial charge in [0.1, 0.15) is 11.8 Å². The Kier molecular flexibility index (Phi) is 4.75. The summed E-state index contributed by atoms with van der Waals surface area (Å²) in [5.41, 5.74) is 1.61. The highest BCUT2D eigenvalue weighted by Gasteiger charge is 2.07. The molecule has 104 valence electrons. The summed E-state index contributed by atoms with van der Waals surface area (Å²) < 4.78 is 7.33. The molecule has 0 bridgehead atoms. The molecule has 0 saturated carbocycles. The fourth-order valence-electron chi connectivity index (χ4n) is 1.85. The van der Waals surface area contributed by atoms with Gasteiger partial charge in [-0.15, -0.1) is 0 Å². The maximum atomic E-state index is 9.23. The number of nitriles is 1. The molecule has 0 fully saturated rings. The first-order valence-electron chi connectivity index (χ1n) is 6.63. The summed E-state index contributed by atoms with van der Waals surface area (Å²) >= 11 is 0. The van der Waals surface area contributed by atoms with Crippen LogP contribution < -0.4 is 10.1 Å². The smallest absolute Gasteiger partial charge is 0.165 e. The lowest BCUT2D eigenvalue weighted by Gasteiger charge is -2.08. The largest absolute Gasteiger partial charge is 0.453 e. The van der Waals surface area contributed by atoms with E-state index in [2.05, 4.69) is 23.4 Å². The Morgan fingerprint density at radius 3 is 2.95 bits per heavy atom. The van der Waals surface area contributed by atoms with E-state index >= 15 is 0 Å². The van der Waals surface area contributed by atoms with Crippen LogP contribution in [0.2, 0.25) is 0 Å². The van der Waals surface area contributed by atoms with Crippen LogP contribution in [0.15, 0.2) is 30.6 Å². The molecule has 20 heavy (non-hydrogen) atoms. The second-order valence-electron chi connectivity index (χ2n) is 4.57. The molecule has 1 aromatic heterocycles. The first-order valence-corrected chi connectivity index (χ1v) is 6.63. The molecule has 0 aliphatic rings. The molecule has 1 N–H and O–H groups in total. The Morgan fingerprint density at radius 1 is 1.45 bits per heavy atom. The van der Waals surface area contributed by atoms with Crippen molar-refractivity contribution in [1.29, 1.82) is 5.26 Å². The number of aromatic nitrogens is 2. The van der Waals surface area contributed by atoms with Crippen LogP contribution >= 0.6 is 0 Å². The van der Waals surface area contributed by atoms with E-state index in [9.17, 15) is 5.26 Å². The molecule has 2 rings (SSSR count). The summed E-state index contributed by atoms with van der Waals surface area (Å²) in [6.07, 6.45) is 4.48. The minimum absolute atomic E-state index is 0.532. The average Bonchev–Trinajstić information content (AvgIpc) is 2.86. The topological polar surface area (TPSA) is 62.9 Å². The van der Waals surface area contributed by atoms with E-state index in [1.54, 1.807) is 17.1 Å². The van der Waals surface area contributed by atoms with Crippen LogP contribution in [-0.4, -0.2) is 16.3 Å². The lowest BCUT2D eigenvalue weighted by atomic mass is 10.1. The van der Waals surface area contributed by atoms with Crippen LogP contribution in [0, 0.1) is 11.3 Å². The monoisotopic (exact) mass is 270 g/mol. The van der Waals surface area contributed by atoms with Crippen LogP contribution in [-0.2, 0) is 13.6 Å². The number of rotatable bonds is 6. The second-order valence-corrected chi connectivity index (χ2v) is 4.57. The highest BCUT2D eigenvalue weighted by atomic mass is 16.5. The molecular weight excluding hydrogens is 252 g/mol. The number of hydrogen-bond donors (Lipinski definition) is 1. The number of nitrogens with one attached hydrogen (secondary N) is 1. The first kappa shape index (κ1) is 14.1. The quantitative estimate of drug-likeness (QED) is 0.819. The molecule has 5 heteroatoms. The molecular formula is C15H18N4O. The Hall–Kier alpha value is -2.32. The maximum absolute atomic E-state index is 9.23. The van der Waals surface area contributed by atoms with Crippen molar-refractivity contribution in [2.45, 2.75) is 19.9 Å². The van der Waals surface area contributed by atoms with E-state index < -0.39 is 0 Å². The Bertz CT molecular complexity index is 613. The van der Waals surface area contributed by atoms with Gasteiger partial charge >= 0.3 is 0 Å². The Morgan fingerprint density at radius 2 is 2.30 bits per heavy atom. The van der Waals surface area contributed by atoms with Crippen LogP contribution in [0.3, 0.4) is 0 Å². The zero-order chi connectivity index (χ0) is 14.4. The van der Waals surface area contributed by atoms with E-state index in [4.69, 9.17) is 4.74 Å². The number of benzene rings is 1. The normalized spacial score (nSPS) is 10.2. The van der Waals surface area contributed by atoms with Gasteiger partial charge in [-0.2, -0.15) is 10.4 Å². The van der Waals surface area contributed by atoms with Crippen LogP contribution in [0.1, 0.15) is 24.5 Å². The molecule has 0 aliphatic heterocycles. The number of nitrogens with zero attached hydrogens (tertiary/aromatic N) is 3. The van der Waals surface area contributed by atoms with E-state index in [0.717, 1.165) is 25.1 Å². The lowest BCUT2D eigenvalue weighted by molar-refractivity contribution is 0.480. The minimum atomic E-state index is 0.532. The predicted octanol–water partition coefficient (Wildman–Crippen LogP) is 2.58. The third kappa shape index (κ3) is 3.59. The van der Waals surface area contributed by atoms with E-state index in [-0.39, 0.29) is 0 Å². The van der Waals surface area contributed by atoms with Gasteiger partial charge in [0.15, 0.2) is 5.75 Å². The van der Waals surface area contributed by atoms with Gasteiger partial charge in [0, 0.05) is 13.6 Å². The summed E-state index contributed by atoms with van der Waals surface area (Å²) in [5, 5.41) is 16.6. The van der Waals surface area contributed by atoms with Gasteiger partial charge in [-0.05, 0) is 30.7 Å². The summed E-state index contributed by atoms with van der Waals surface area (Å²) in [6, 6.07) is 7.82. The van der Waals surface area contributed by atoms with Crippen molar-refractivity contribution in [3.05, 3.63) is 41.7 Å². The Labute approximate surface area is 118 Å². The fourth-order valence-corrected chi connectivity index (χ4v) is 1.85. The molecule has 2 aromatic rings. The third-order valence-electron chi connectivity index (χ3n) is 2.83. The minimum Gasteiger partial charge on any atom is -0.453 e. The van der Waals surface area contributed by atoms with Gasteiger partial charge in [-0.25, -0.2) is 0 Å². The number of hydrogen-bond acceptors (Lipinski definition) is 4. The number of aryl methyl sites for hydroxylation is 1. The van der Waals surface area contributed by atoms with Crippen LogP contribution in [0.25, 0.3) is 0 Å². The molecule has 5 nitrogen and oxygen atoms in total. The van der Waals surface area contributed by atoms with Crippen LogP contribution in [0.5, 0.6) is 11.5 Å². The van der Waals surface area contributed by atoms with Crippen molar-refractivity contribution < 1.29 is 4.74 Å². The van der Waals surface area contributed by atoms with Crippen molar-refractivity contribution in [3.63, 3.8) is 0 Å². The second kappa shape index (κ2) is 6.73. The lowest BCUT2D eigenvalue weighted by Crippen LogP contribution is -2.13. The molecule has 0 amide bonds. The Balaban J connectivity index is 2.11. The van der Waals surface area contributed by atoms with E-state index in [0.29, 0.717) is 17.1 Å². The zero-order valence-corrected chi connectivity index (χ0v) is 11.8. The molecule has 0 aliphatic carbocycles. The maximum Gasteiger partial charge on any atom is 0.165 e. The molecule has 0 radical (unpaired) electrons. The van der Waals surface area contributed by atoms with Gasteiger partial charge in [-0.1, -0.05) is 13.0 Å². The predicted molar refractivity (Wildman–Crippen MR) is 76.4 cm³/mol. The zero-order valence-electron chi connectivity index (χ0n) is 11.8. The van der Waals surface area contributed by atoms with Crippen LogP contribution in [0.4, 0.5) is 0 Å². The summed E-state index contributed by atoms with van der Waals surface area (Å²) in [4.78, 5) is 0. The van der Waals surface area contributed by atoms with Gasteiger partial charge < -0.3 is 10.1 Å². The molecule has 0 spiro atoms. The standard InChI is InChI=1S/C15H18N4O/c1-3-6-17-9-12-4-5-15(13(7-12)8-16)20-14-10-18-19(2)11-14/h4-5,7,10-11,17H,3,6,9H2,1-2H3. The van der Waals surface area contributed by atoms with Crippen molar-refractivity contribution in [2.75, 3.05) is 6.54 Å². The van der Waals surface area contributed by atoms with Gasteiger partial charge in [0.05, 0.1) is 18.0 Å². The highest BCUT2D eigenvalue weighted by Crippen LogP contribution is 2.25. The fraction of sp³-hybridized carbons (Fsp3) is 0.333. The molecule has 0 saturated heterocycles. The van der Waals surface area contributed by atoms with Gasteiger partial charge in [0.2, 0.25) is 0 Å². The van der Waals surface area contributed by atoms with Gasteiger partial charge in [-0.3, -0.25) is 4.68 Å². The summed E-state index contributed by atoms with van der Waals surface area (Å²) in [5.74, 6) is 1.18. The van der Waals surface area contributed by atoms with Crippen molar-refractivity contribution in [2.24, 2.45) is 7.05 Å². The summed E-state index contributed by atoms with van der Waals surface area (Å²) in [6.45, 7) is 3.85. The molecule has 0 atom stereocenters. The SMILES string of the molecule is CCCNCc1ccc(Oc2cnn(C)c2)c(C#N)c1.